The zero-order valence-corrected chi connectivity index (χ0v) is 10.0. The molecule has 1 N–H and O–H groups in total. The van der Waals surface area contributed by atoms with Crippen LogP contribution in [0.3, 0.4) is 0 Å². The average molecular weight is 264 g/mol. The number of halogens is 1. The van der Waals surface area contributed by atoms with Gasteiger partial charge in [-0.1, -0.05) is 6.07 Å². The summed E-state index contributed by atoms with van der Waals surface area (Å²) in [6.45, 7) is 0. The maximum absolute atomic E-state index is 12.9. The van der Waals surface area contributed by atoms with Gasteiger partial charge in [0.15, 0.2) is 5.69 Å². The van der Waals surface area contributed by atoms with Gasteiger partial charge in [-0.3, -0.25) is 0 Å². The molecule has 0 aliphatic heterocycles. The number of thioether (sulfide) groups is 1. The number of aromatic carboxylic acids is 1. The Morgan fingerprint density at radius 3 is 2.94 bits per heavy atom. The minimum absolute atomic E-state index is 0.0418. The molecule has 92 valence electrons. The molecule has 0 saturated carbocycles. The number of hydrogen-bond donors (Lipinski definition) is 1. The van der Waals surface area contributed by atoms with E-state index in [0.29, 0.717) is 11.6 Å². The second-order valence-electron chi connectivity index (χ2n) is 3.41. The van der Waals surface area contributed by atoms with Crippen LogP contribution >= 0.6 is 11.8 Å². The lowest BCUT2D eigenvalue weighted by Gasteiger charge is -2.01. The molecule has 0 saturated heterocycles. The Balaban J connectivity index is 2.06. The van der Waals surface area contributed by atoms with E-state index in [1.807, 2.05) is 0 Å². The SMILES string of the molecule is O=C(O)c1ccnc(CSc2cccc(F)c2)n1. The van der Waals surface area contributed by atoms with E-state index in [1.165, 1.54) is 36.2 Å². The van der Waals surface area contributed by atoms with Gasteiger partial charge in [0.05, 0.1) is 5.75 Å². The molecular formula is C12H9FN2O2S. The van der Waals surface area contributed by atoms with E-state index in [9.17, 15) is 9.18 Å². The van der Waals surface area contributed by atoms with Crippen molar-refractivity contribution in [3.8, 4) is 0 Å². The van der Waals surface area contributed by atoms with Gasteiger partial charge in [0.2, 0.25) is 0 Å². The molecule has 0 fully saturated rings. The molecule has 4 nitrogen and oxygen atoms in total. The molecule has 0 amide bonds. The van der Waals surface area contributed by atoms with Crippen molar-refractivity contribution in [3.05, 3.63) is 53.9 Å². The summed E-state index contributed by atoms with van der Waals surface area (Å²) in [4.78, 5) is 19.3. The molecule has 0 unspecified atom stereocenters. The summed E-state index contributed by atoms with van der Waals surface area (Å²) in [6.07, 6.45) is 1.40. The molecule has 1 aromatic carbocycles. The first-order valence-electron chi connectivity index (χ1n) is 5.09. The second kappa shape index (κ2) is 5.59. The zero-order chi connectivity index (χ0) is 13.0. The Labute approximate surface area is 107 Å². The molecule has 1 heterocycles. The third-order valence-electron chi connectivity index (χ3n) is 2.09. The second-order valence-corrected chi connectivity index (χ2v) is 4.46. The van der Waals surface area contributed by atoms with Crippen molar-refractivity contribution < 1.29 is 14.3 Å². The van der Waals surface area contributed by atoms with Gasteiger partial charge in [0.25, 0.3) is 0 Å². The van der Waals surface area contributed by atoms with E-state index in [4.69, 9.17) is 5.11 Å². The van der Waals surface area contributed by atoms with Gasteiger partial charge in [-0.2, -0.15) is 0 Å². The number of rotatable bonds is 4. The standard InChI is InChI=1S/C12H9FN2O2S/c13-8-2-1-3-9(6-8)18-7-11-14-5-4-10(15-11)12(16)17/h1-6H,7H2,(H,16,17). The highest BCUT2D eigenvalue weighted by Gasteiger charge is 2.06. The highest BCUT2D eigenvalue weighted by atomic mass is 32.2. The van der Waals surface area contributed by atoms with Gasteiger partial charge < -0.3 is 5.11 Å². The van der Waals surface area contributed by atoms with Crippen LogP contribution in [-0.2, 0) is 5.75 Å². The van der Waals surface area contributed by atoms with Crippen LogP contribution in [0.5, 0.6) is 0 Å². The summed E-state index contributed by atoms with van der Waals surface area (Å²) in [5.74, 6) is -0.594. The Hall–Kier alpha value is -1.95. The van der Waals surface area contributed by atoms with E-state index in [2.05, 4.69) is 9.97 Å². The number of nitrogens with zero attached hydrogens (tertiary/aromatic N) is 2. The molecule has 0 atom stereocenters. The largest absolute Gasteiger partial charge is 0.477 e. The smallest absolute Gasteiger partial charge is 0.354 e. The highest BCUT2D eigenvalue weighted by Crippen LogP contribution is 2.21. The van der Waals surface area contributed by atoms with Crippen LogP contribution in [0.2, 0.25) is 0 Å². The molecular weight excluding hydrogens is 255 g/mol. The average Bonchev–Trinajstić information content (AvgIpc) is 2.37. The van der Waals surface area contributed by atoms with Gasteiger partial charge in [-0.15, -0.1) is 11.8 Å². The Kier molecular flexibility index (Phi) is 3.88. The van der Waals surface area contributed by atoms with E-state index in [0.717, 1.165) is 4.90 Å². The first-order chi connectivity index (χ1) is 8.65. The molecule has 1 aromatic heterocycles. The summed E-state index contributed by atoms with van der Waals surface area (Å²) in [7, 11) is 0. The van der Waals surface area contributed by atoms with Crippen molar-refractivity contribution in [2.75, 3.05) is 0 Å². The molecule has 2 rings (SSSR count). The number of carbonyl (C=O) groups is 1. The van der Waals surface area contributed by atoms with Gasteiger partial charge in [0, 0.05) is 11.1 Å². The lowest BCUT2D eigenvalue weighted by atomic mass is 10.4. The fourth-order valence-corrected chi connectivity index (χ4v) is 2.10. The lowest BCUT2D eigenvalue weighted by molar-refractivity contribution is 0.0690. The van der Waals surface area contributed by atoms with Crippen molar-refractivity contribution in [3.63, 3.8) is 0 Å². The van der Waals surface area contributed by atoms with Crippen LogP contribution in [0.25, 0.3) is 0 Å². The quantitative estimate of drug-likeness (QED) is 0.860. The number of aromatic nitrogens is 2. The molecule has 6 heteroatoms. The highest BCUT2D eigenvalue weighted by molar-refractivity contribution is 7.98. The Morgan fingerprint density at radius 2 is 2.22 bits per heavy atom. The molecule has 0 bridgehead atoms. The maximum atomic E-state index is 12.9. The van der Waals surface area contributed by atoms with E-state index in [-0.39, 0.29) is 11.5 Å². The van der Waals surface area contributed by atoms with Crippen molar-refractivity contribution in [2.45, 2.75) is 10.6 Å². The Morgan fingerprint density at radius 1 is 1.39 bits per heavy atom. The fraction of sp³-hybridized carbons (Fsp3) is 0.0833. The number of carboxylic acid groups (broad SMARTS) is 1. The third kappa shape index (κ3) is 3.27. The van der Waals surface area contributed by atoms with Crippen LogP contribution in [0.15, 0.2) is 41.4 Å². The molecule has 2 aromatic rings. The summed E-state index contributed by atoms with van der Waals surface area (Å²) in [5, 5.41) is 8.78. The first-order valence-corrected chi connectivity index (χ1v) is 6.07. The molecule has 18 heavy (non-hydrogen) atoms. The number of hydrogen-bond acceptors (Lipinski definition) is 4. The zero-order valence-electron chi connectivity index (χ0n) is 9.21. The number of benzene rings is 1. The van der Waals surface area contributed by atoms with Crippen LogP contribution in [0, 0.1) is 5.82 Å². The maximum Gasteiger partial charge on any atom is 0.354 e. The van der Waals surface area contributed by atoms with Crippen molar-refractivity contribution in [1.82, 2.24) is 9.97 Å². The van der Waals surface area contributed by atoms with Gasteiger partial charge >= 0.3 is 5.97 Å². The van der Waals surface area contributed by atoms with E-state index in [1.54, 1.807) is 12.1 Å². The minimum Gasteiger partial charge on any atom is -0.477 e. The fourth-order valence-electron chi connectivity index (χ4n) is 1.29. The van der Waals surface area contributed by atoms with Crippen LogP contribution in [0.4, 0.5) is 4.39 Å². The van der Waals surface area contributed by atoms with Crippen LogP contribution in [-0.4, -0.2) is 21.0 Å². The summed E-state index contributed by atoms with van der Waals surface area (Å²) in [6, 6.07) is 7.50. The topological polar surface area (TPSA) is 63.1 Å². The van der Waals surface area contributed by atoms with Crippen LogP contribution < -0.4 is 0 Å². The van der Waals surface area contributed by atoms with Crippen LogP contribution in [0.1, 0.15) is 16.3 Å². The van der Waals surface area contributed by atoms with Crippen molar-refractivity contribution in [1.29, 1.82) is 0 Å². The van der Waals surface area contributed by atoms with Gasteiger partial charge in [-0.05, 0) is 24.3 Å². The molecule has 0 aliphatic carbocycles. The summed E-state index contributed by atoms with van der Waals surface area (Å²) >= 11 is 1.35. The van der Waals surface area contributed by atoms with Gasteiger partial charge in [0.1, 0.15) is 11.6 Å². The summed E-state index contributed by atoms with van der Waals surface area (Å²) in [5.41, 5.74) is -0.0418. The normalized spacial score (nSPS) is 10.3. The van der Waals surface area contributed by atoms with Gasteiger partial charge in [-0.25, -0.2) is 19.2 Å². The Bertz CT molecular complexity index is 578. The predicted octanol–water partition coefficient (Wildman–Crippen LogP) is 2.61. The molecule has 0 aliphatic rings. The minimum atomic E-state index is -1.09. The first kappa shape index (κ1) is 12.5. The third-order valence-corrected chi connectivity index (χ3v) is 3.08. The van der Waals surface area contributed by atoms with E-state index < -0.39 is 5.97 Å². The molecule has 0 spiro atoms. The monoisotopic (exact) mass is 264 g/mol. The predicted molar refractivity (Wildman–Crippen MR) is 65.0 cm³/mol. The summed E-state index contributed by atoms with van der Waals surface area (Å²) < 4.78 is 12.9. The lowest BCUT2D eigenvalue weighted by Crippen LogP contribution is -2.03. The van der Waals surface area contributed by atoms with Crippen molar-refractivity contribution >= 4 is 17.7 Å². The van der Waals surface area contributed by atoms with Crippen molar-refractivity contribution in [2.24, 2.45) is 0 Å². The molecule has 0 radical (unpaired) electrons. The van der Waals surface area contributed by atoms with E-state index >= 15 is 0 Å². The number of carboxylic acids is 1.